The van der Waals surface area contributed by atoms with Crippen molar-refractivity contribution in [3.05, 3.63) is 18.1 Å². The molecule has 0 radical (unpaired) electrons. The van der Waals surface area contributed by atoms with E-state index >= 15 is 0 Å². The molecule has 1 N–H and O–H groups in total. The van der Waals surface area contributed by atoms with Gasteiger partial charge in [0.25, 0.3) is 0 Å². The average Bonchev–Trinajstić information content (AvgIpc) is 2.40. The van der Waals surface area contributed by atoms with Crippen molar-refractivity contribution in [2.45, 2.75) is 19.6 Å². The van der Waals surface area contributed by atoms with Gasteiger partial charge >= 0.3 is 0 Å². The Labute approximate surface area is 108 Å². The summed E-state index contributed by atoms with van der Waals surface area (Å²) in [5, 5.41) is 9.09. The van der Waals surface area contributed by atoms with Crippen LogP contribution in [0, 0.1) is 0 Å². The first-order valence-corrected chi connectivity index (χ1v) is 5.89. The summed E-state index contributed by atoms with van der Waals surface area (Å²) < 4.78 is 10.3. The molecular formula is C12H21N3O3. The van der Waals surface area contributed by atoms with Crippen molar-refractivity contribution in [3.8, 4) is 0 Å². The molecule has 1 atom stereocenters. The zero-order chi connectivity index (χ0) is 13.4. The van der Waals surface area contributed by atoms with Crippen LogP contribution in [0.2, 0.25) is 0 Å². The maximum absolute atomic E-state index is 9.09. The molecule has 1 aromatic rings. The molecule has 0 saturated heterocycles. The monoisotopic (exact) mass is 255 g/mol. The number of aliphatic hydroxyl groups excluding tert-OH is 1. The maximum Gasteiger partial charge on any atom is 0.147 e. The summed E-state index contributed by atoms with van der Waals surface area (Å²) in [4.78, 5) is 10.5. The van der Waals surface area contributed by atoms with Crippen molar-refractivity contribution in [2.24, 2.45) is 0 Å². The molecule has 1 unspecified atom stereocenters. The van der Waals surface area contributed by atoms with Crippen LogP contribution in [0.3, 0.4) is 0 Å². The molecular weight excluding hydrogens is 234 g/mol. The van der Waals surface area contributed by atoms with E-state index in [1.807, 2.05) is 6.92 Å². The summed E-state index contributed by atoms with van der Waals surface area (Å²) in [6.45, 7) is 3.82. The molecule has 0 saturated carbocycles. The zero-order valence-corrected chi connectivity index (χ0v) is 11.2. The van der Waals surface area contributed by atoms with E-state index in [1.54, 1.807) is 26.6 Å². The molecule has 6 nitrogen and oxygen atoms in total. The molecule has 1 rings (SSSR count). The number of aromatic nitrogens is 2. The van der Waals surface area contributed by atoms with Crippen LogP contribution in [0.15, 0.2) is 12.4 Å². The average molecular weight is 255 g/mol. The third-order valence-electron chi connectivity index (χ3n) is 2.60. The molecule has 0 spiro atoms. The van der Waals surface area contributed by atoms with E-state index in [2.05, 4.69) is 14.9 Å². The molecule has 0 aromatic carbocycles. The molecule has 0 aliphatic rings. The van der Waals surface area contributed by atoms with E-state index in [0.29, 0.717) is 25.5 Å². The first-order chi connectivity index (χ1) is 8.72. The highest BCUT2D eigenvalue weighted by Gasteiger charge is 2.16. The van der Waals surface area contributed by atoms with Gasteiger partial charge in [-0.2, -0.15) is 0 Å². The fourth-order valence-electron chi connectivity index (χ4n) is 1.69. The Morgan fingerprint density at radius 3 is 2.72 bits per heavy atom. The Kier molecular flexibility index (Phi) is 6.56. The summed E-state index contributed by atoms with van der Waals surface area (Å²) >= 11 is 0. The van der Waals surface area contributed by atoms with Gasteiger partial charge in [0.15, 0.2) is 0 Å². The predicted octanol–water partition coefficient (Wildman–Crippen LogP) is 0.457. The molecule has 18 heavy (non-hydrogen) atoms. The van der Waals surface area contributed by atoms with Crippen molar-refractivity contribution in [1.82, 2.24) is 9.97 Å². The lowest BCUT2D eigenvalue weighted by molar-refractivity contribution is 0.170. The van der Waals surface area contributed by atoms with Crippen LogP contribution in [0.1, 0.15) is 12.6 Å². The zero-order valence-electron chi connectivity index (χ0n) is 11.2. The molecule has 102 valence electrons. The summed E-state index contributed by atoms with van der Waals surface area (Å²) in [7, 11) is 3.33. The van der Waals surface area contributed by atoms with Gasteiger partial charge in [-0.05, 0) is 6.92 Å². The molecule has 1 heterocycles. The highest BCUT2D eigenvalue weighted by molar-refractivity contribution is 5.37. The van der Waals surface area contributed by atoms with Crippen molar-refractivity contribution in [2.75, 3.05) is 38.9 Å². The van der Waals surface area contributed by atoms with Gasteiger partial charge in [-0.25, -0.2) is 4.98 Å². The number of hydrogen-bond donors (Lipinski definition) is 1. The lowest BCUT2D eigenvalue weighted by Gasteiger charge is -2.29. The topological polar surface area (TPSA) is 67.7 Å². The smallest absolute Gasteiger partial charge is 0.147 e. The second-order valence-electron chi connectivity index (χ2n) is 4.02. The van der Waals surface area contributed by atoms with Crippen LogP contribution < -0.4 is 4.90 Å². The van der Waals surface area contributed by atoms with Gasteiger partial charge in [0.1, 0.15) is 5.82 Å². The molecule has 1 aromatic heterocycles. The normalized spacial score (nSPS) is 12.4. The quantitative estimate of drug-likeness (QED) is 0.727. The standard InChI is InChI=1S/C12H21N3O3/c1-10(9-18-3)15(4-5-17-2)12-7-13-6-11(8-16)14-12/h6-7,10,16H,4-5,8-9H2,1-3H3. The maximum atomic E-state index is 9.09. The fourth-order valence-corrected chi connectivity index (χ4v) is 1.69. The third-order valence-corrected chi connectivity index (χ3v) is 2.60. The van der Waals surface area contributed by atoms with Crippen LogP contribution in [0.5, 0.6) is 0 Å². The SMILES string of the molecule is COCCN(c1cncc(CO)n1)C(C)COC. The minimum absolute atomic E-state index is 0.113. The third kappa shape index (κ3) is 4.21. The van der Waals surface area contributed by atoms with E-state index < -0.39 is 0 Å². The molecule has 6 heteroatoms. The highest BCUT2D eigenvalue weighted by Crippen LogP contribution is 2.13. The number of rotatable bonds is 8. The molecule has 0 amide bonds. The first kappa shape index (κ1) is 14.8. The van der Waals surface area contributed by atoms with Gasteiger partial charge in [-0.1, -0.05) is 0 Å². The van der Waals surface area contributed by atoms with Crippen molar-refractivity contribution in [3.63, 3.8) is 0 Å². The summed E-state index contributed by atoms with van der Waals surface area (Å²) in [6, 6.07) is 0.161. The summed E-state index contributed by atoms with van der Waals surface area (Å²) in [5.41, 5.74) is 0.555. The van der Waals surface area contributed by atoms with E-state index in [4.69, 9.17) is 14.6 Å². The largest absolute Gasteiger partial charge is 0.390 e. The number of nitrogens with zero attached hydrogens (tertiary/aromatic N) is 3. The van der Waals surface area contributed by atoms with E-state index in [-0.39, 0.29) is 12.6 Å². The van der Waals surface area contributed by atoms with Crippen LogP contribution >= 0.6 is 0 Å². The molecule has 0 bridgehead atoms. The van der Waals surface area contributed by atoms with Gasteiger partial charge < -0.3 is 19.5 Å². The predicted molar refractivity (Wildman–Crippen MR) is 68.5 cm³/mol. The van der Waals surface area contributed by atoms with Crippen LogP contribution in [-0.2, 0) is 16.1 Å². The molecule has 0 fully saturated rings. The number of methoxy groups -OCH3 is 2. The van der Waals surface area contributed by atoms with Gasteiger partial charge in [-0.3, -0.25) is 4.98 Å². The lowest BCUT2D eigenvalue weighted by Crippen LogP contribution is -2.39. The van der Waals surface area contributed by atoms with Gasteiger partial charge in [0, 0.05) is 20.8 Å². The van der Waals surface area contributed by atoms with Crippen LogP contribution in [0.25, 0.3) is 0 Å². The number of hydrogen-bond acceptors (Lipinski definition) is 6. The Hall–Kier alpha value is -1.24. The van der Waals surface area contributed by atoms with Crippen molar-refractivity contribution >= 4 is 5.82 Å². The molecule has 0 aliphatic heterocycles. The van der Waals surface area contributed by atoms with Gasteiger partial charge in [-0.15, -0.1) is 0 Å². The summed E-state index contributed by atoms with van der Waals surface area (Å²) in [6.07, 6.45) is 3.24. The Bertz CT molecular complexity index is 349. The Balaban J connectivity index is 2.85. The highest BCUT2D eigenvalue weighted by atomic mass is 16.5. The second-order valence-corrected chi connectivity index (χ2v) is 4.02. The second kappa shape index (κ2) is 7.97. The van der Waals surface area contributed by atoms with Crippen molar-refractivity contribution < 1.29 is 14.6 Å². The fraction of sp³-hybridized carbons (Fsp3) is 0.667. The van der Waals surface area contributed by atoms with Crippen LogP contribution in [-0.4, -0.2) is 55.1 Å². The van der Waals surface area contributed by atoms with Crippen LogP contribution in [0.4, 0.5) is 5.82 Å². The first-order valence-electron chi connectivity index (χ1n) is 5.89. The van der Waals surface area contributed by atoms with Crippen molar-refractivity contribution in [1.29, 1.82) is 0 Å². The lowest BCUT2D eigenvalue weighted by atomic mass is 10.3. The number of ether oxygens (including phenoxy) is 2. The number of anilines is 1. The number of aliphatic hydroxyl groups is 1. The van der Waals surface area contributed by atoms with E-state index in [9.17, 15) is 0 Å². The Morgan fingerprint density at radius 1 is 1.33 bits per heavy atom. The Morgan fingerprint density at radius 2 is 2.11 bits per heavy atom. The minimum Gasteiger partial charge on any atom is -0.390 e. The van der Waals surface area contributed by atoms with Gasteiger partial charge in [0.05, 0.1) is 44.0 Å². The van der Waals surface area contributed by atoms with E-state index in [0.717, 1.165) is 5.82 Å². The molecule has 0 aliphatic carbocycles. The van der Waals surface area contributed by atoms with E-state index in [1.165, 1.54) is 0 Å². The minimum atomic E-state index is -0.113. The van der Waals surface area contributed by atoms with Gasteiger partial charge in [0.2, 0.25) is 0 Å². The summed E-state index contributed by atoms with van der Waals surface area (Å²) in [5.74, 6) is 0.725.